The van der Waals surface area contributed by atoms with E-state index in [1.807, 2.05) is 13.8 Å². The molecule has 0 aliphatic heterocycles. The van der Waals surface area contributed by atoms with Crippen LogP contribution in [0.15, 0.2) is 34.6 Å². The molecular formula is C30H42O4. The number of aliphatic hydroxyl groups excluding tert-OH is 1. The Balaban J connectivity index is 2.00. The Morgan fingerprint density at radius 3 is 2.41 bits per heavy atom. The second-order valence-corrected chi connectivity index (χ2v) is 12.9. The Morgan fingerprint density at radius 1 is 1.15 bits per heavy atom. The van der Waals surface area contributed by atoms with Crippen LogP contribution in [0.25, 0.3) is 0 Å². The molecule has 0 aromatic rings. The maximum absolute atomic E-state index is 14.5. The zero-order chi connectivity index (χ0) is 25.3. The predicted molar refractivity (Wildman–Crippen MR) is 134 cm³/mol. The van der Waals surface area contributed by atoms with Gasteiger partial charge < -0.3 is 9.90 Å². The van der Waals surface area contributed by atoms with Gasteiger partial charge in [0.1, 0.15) is 6.29 Å². The van der Waals surface area contributed by atoms with Crippen molar-refractivity contribution in [1.82, 2.24) is 0 Å². The van der Waals surface area contributed by atoms with Crippen molar-refractivity contribution in [1.29, 1.82) is 0 Å². The third-order valence-corrected chi connectivity index (χ3v) is 10.2. The van der Waals surface area contributed by atoms with Crippen molar-refractivity contribution in [2.75, 3.05) is 0 Å². The number of aliphatic hydroxyl groups is 1. The lowest BCUT2D eigenvalue weighted by atomic mass is 9.42. The fourth-order valence-electron chi connectivity index (χ4n) is 9.03. The van der Waals surface area contributed by atoms with Crippen LogP contribution in [-0.2, 0) is 14.4 Å². The highest BCUT2D eigenvalue weighted by Gasteiger charge is 2.82. The quantitative estimate of drug-likeness (QED) is 0.361. The first-order valence-electron chi connectivity index (χ1n) is 13.1. The molecule has 0 unspecified atom stereocenters. The van der Waals surface area contributed by atoms with Crippen LogP contribution >= 0.6 is 0 Å². The lowest BCUT2D eigenvalue weighted by Crippen LogP contribution is -2.62. The van der Waals surface area contributed by atoms with Crippen molar-refractivity contribution in [2.24, 2.45) is 39.4 Å². The molecule has 0 spiro atoms. The fourth-order valence-corrected chi connectivity index (χ4v) is 9.03. The van der Waals surface area contributed by atoms with Crippen LogP contribution in [0.3, 0.4) is 0 Å². The summed E-state index contributed by atoms with van der Waals surface area (Å²) >= 11 is 0. The summed E-state index contributed by atoms with van der Waals surface area (Å²) in [5.41, 5.74) is -0.186. The Bertz CT molecular complexity index is 1020. The van der Waals surface area contributed by atoms with Gasteiger partial charge >= 0.3 is 0 Å². The van der Waals surface area contributed by atoms with E-state index in [0.29, 0.717) is 12.8 Å². The number of carbonyl (C=O) groups excluding carboxylic acids is 3. The molecule has 0 bridgehead atoms. The van der Waals surface area contributed by atoms with Crippen molar-refractivity contribution in [3.63, 3.8) is 0 Å². The molecule has 0 heterocycles. The van der Waals surface area contributed by atoms with Gasteiger partial charge in [0.2, 0.25) is 5.78 Å². The summed E-state index contributed by atoms with van der Waals surface area (Å²) in [6.07, 6.45) is 10.7. The summed E-state index contributed by atoms with van der Waals surface area (Å²) in [7, 11) is 0. The smallest absolute Gasteiger partial charge is 0.205 e. The molecule has 0 aromatic heterocycles. The fraction of sp³-hybridized carbons (Fsp3) is 0.700. The van der Waals surface area contributed by atoms with E-state index in [-0.39, 0.29) is 40.1 Å². The maximum Gasteiger partial charge on any atom is 0.205 e. The van der Waals surface area contributed by atoms with Gasteiger partial charge in [-0.15, -0.1) is 0 Å². The average Bonchev–Trinajstić information content (AvgIpc) is 2.96. The van der Waals surface area contributed by atoms with E-state index in [2.05, 4.69) is 46.8 Å². The summed E-state index contributed by atoms with van der Waals surface area (Å²) in [4.78, 5) is 41.9. The van der Waals surface area contributed by atoms with Gasteiger partial charge in [-0.3, -0.25) is 9.59 Å². The molecule has 0 amide bonds. The van der Waals surface area contributed by atoms with Crippen molar-refractivity contribution < 1.29 is 19.5 Å². The van der Waals surface area contributed by atoms with Crippen molar-refractivity contribution in [2.45, 2.75) is 93.4 Å². The molecule has 4 aliphatic rings. The topological polar surface area (TPSA) is 71.4 Å². The predicted octanol–water partition coefficient (Wildman–Crippen LogP) is 6.71. The molecule has 186 valence electrons. The van der Waals surface area contributed by atoms with Gasteiger partial charge in [-0.2, -0.15) is 0 Å². The van der Waals surface area contributed by atoms with Gasteiger partial charge in [0.05, 0.1) is 10.8 Å². The SMILES string of the molecule is CC(C)=CCCC1=CC[C@@]23C(=O)C(C(C)C)=C(O)C(=O)[C@]2(C1)[C@@]1(C)CCCC(C)(C)[C@@H]1[C@H]3C=O. The third-order valence-electron chi connectivity index (χ3n) is 10.2. The Labute approximate surface area is 205 Å². The largest absolute Gasteiger partial charge is 0.504 e. The number of rotatable bonds is 5. The monoisotopic (exact) mass is 466 g/mol. The highest BCUT2D eigenvalue weighted by molar-refractivity contribution is 6.18. The lowest BCUT2D eigenvalue weighted by molar-refractivity contribution is -0.162. The highest BCUT2D eigenvalue weighted by Crippen LogP contribution is 2.80. The molecule has 5 atom stereocenters. The molecule has 0 radical (unpaired) electrons. The van der Waals surface area contributed by atoms with Gasteiger partial charge in [0.15, 0.2) is 11.5 Å². The molecular weight excluding hydrogens is 424 g/mol. The van der Waals surface area contributed by atoms with Crippen LogP contribution in [0, 0.1) is 39.4 Å². The first kappa shape index (κ1) is 25.1. The van der Waals surface area contributed by atoms with Crippen LogP contribution in [0.5, 0.6) is 0 Å². The van der Waals surface area contributed by atoms with Crippen molar-refractivity contribution in [3.8, 4) is 0 Å². The van der Waals surface area contributed by atoms with Gasteiger partial charge in [0, 0.05) is 11.5 Å². The van der Waals surface area contributed by atoms with E-state index < -0.39 is 22.2 Å². The molecule has 2 saturated carbocycles. The first-order chi connectivity index (χ1) is 15.8. The Hall–Kier alpha value is -1.97. The zero-order valence-electron chi connectivity index (χ0n) is 22.1. The van der Waals surface area contributed by atoms with Gasteiger partial charge in [-0.05, 0) is 75.0 Å². The molecule has 0 saturated heterocycles. The second-order valence-electron chi connectivity index (χ2n) is 12.9. The molecule has 4 aliphatic carbocycles. The van der Waals surface area contributed by atoms with Crippen LogP contribution in [0.1, 0.15) is 93.4 Å². The van der Waals surface area contributed by atoms with E-state index in [0.717, 1.165) is 38.4 Å². The number of hydrogen-bond acceptors (Lipinski definition) is 4. The summed E-state index contributed by atoms with van der Waals surface area (Å²) in [5, 5.41) is 11.3. The summed E-state index contributed by atoms with van der Waals surface area (Å²) in [5.74, 6) is -1.65. The number of ketones is 2. The number of allylic oxidation sites excluding steroid dienone is 6. The average molecular weight is 467 g/mol. The van der Waals surface area contributed by atoms with Crippen LogP contribution in [0.4, 0.5) is 0 Å². The van der Waals surface area contributed by atoms with E-state index in [1.165, 1.54) is 11.1 Å². The molecule has 1 N–H and O–H groups in total. The Kier molecular flexibility index (Phi) is 5.94. The molecule has 4 heteroatoms. The van der Waals surface area contributed by atoms with Crippen LogP contribution < -0.4 is 0 Å². The summed E-state index contributed by atoms with van der Waals surface area (Å²) in [6, 6.07) is 0. The van der Waals surface area contributed by atoms with E-state index >= 15 is 0 Å². The van der Waals surface area contributed by atoms with Crippen LogP contribution in [-0.4, -0.2) is 23.0 Å². The minimum atomic E-state index is -1.10. The third kappa shape index (κ3) is 2.92. The second kappa shape index (κ2) is 8.03. The number of fused-ring (bicyclic) bond motifs is 1. The van der Waals surface area contributed by atoms with Crippen LogP contribution in [0.2, 0.25) is 0 Å². The normalized spacial score (nSPS) is 38.8. The van der Waals surface area contributed by atoms with Crippen molar-refractivity contribution >= 4 is 17.9 Å². The molecule has 0 aromatic carbocycles. The standard InChI is InChI=1S/C30H42O4/c1-18(2)10-8-11-20-12-15-29-21(17-31)24-27(5,6)13-9-14-28(24,7)30(29,16-20)26(34)23(32)22(19(3)4)25(29)33/h10,12,17,19,21,24,32H,8-9,11,13-16H2,1-7H3/t21-,24+,28+,29-,30-/m1/s1. The number of hydrogen-bond donors (Lipinski definition) is 1. The molecule has 34 heavy (non-hydrogen) atoms. The number of carbonyl (C=O) groups is 3. The van der Waals surface area contributed by atoms with Gasteiger partial charge in [-0.25, -0.2) is 0 Å². The molecule has 2 fully saturated rings. The summed E-state index contributed by atoms with van der Waals surface area (Å²) < 4.78 is 0. The molecule has 4 nitrogen and oxygen atoms in total. The van der Waals surface area contributed by atoms with Gasteiger partial charge in [-0.1, -0.05) is 64.3 Å². The summed E-state index contributed by atoms with van der Waals surface area (Å²) in [6.45, 7) is 14.4. The lowest BCUT2D eigenvalue weighted by Gasteiger charge is -2.58. The van der Waals surface area contributed by atoms with E-state index in [9.17, 15) is 19.5 Å². The highest BCUT2D eigenvalue weighted by atomic mass is 16.3. The van der Waals surface area contributed by atoms with Crippen molar-refractivity contribution in [3.05, 3.63) is 34.6 Å². The Morgan fingerprint density at radius 2 is 1.82 bits per heavy atom. The number of aldehydes is 1. The maximum atomic E-state index is 14.5. The van der Waals surface area contributed by atoms with E-state index in [1.54, 1.807) is 0 Å². The number of Topliss-reactive ketones (excluding diaryl/α,β-unsaturated/α-hetero) is 2. The van der Waals surface area contributed by atoms with E-state index in [4.69, 9.17) is 0 Å². The minimum absolute atomic E-state index is 0.0796. The zero-order valence-corrected chi connectivity index (χ0v) is 22.1. The first-order valence-corrected chi connectivity index (χ1v) is 13.1. The molecule has 4 rings (SSSR count). The van der Waals surface area contributed by atoms with Gasteiger partial charge in [0.25, 0.3) is 0 Å². The minimum Gasteiger partial charge on any atom is -0.504 e.